The van der Waals surface area contributed by atoms with Crippen LogP contribution in [0.4, 0.5) is 0 Å². The van der Waals surface area contributed by atoms with E-state index in [1.165, 1.54) is 109 Å². The van der Waals surface area contributed by atoms with Gasteiger partial charge in [-0.1, -0.05) is 296 Å². The molecule has 0 spiro atoms. The quantitative estimate of drug-likeness (QED) is 0.0261. The first-order valence-corrected chi connectivity index (χ1v) is 33.2. The fraction of sp³-hybridized carbons (Fsp3) is 0.662. The van der Waals surface area contributed by atoms with E-state index in [1.807, 2.05) is 0 Å². The third-order valence-corrected chi connectivity index (χ3v) is 13.9. The van der Waals surface area contributed by atoms with Crippen molar-refractivity contribution in [1.29, 1.82) is 0 Å². The molecule has 1 unspecified atom stereocenters. The lowest BCUT2D eigenvalue weighted by atomic mass is 10.0. The molecule has 0 bridgehead atoms. The Morgan fingerprint density at radius 1 is 0.263 bits per heavy atom. The lowest BCUT2D eigenvalue weighted by Crippen LogP contribution is -2.30. The van der Waals surface area contributed by atoms with Gasteiger partial charge in [-0.25, -0.2) is 0 Å². The first-order valence-electron chi connectivity index (χ1n) is 33.2. The molecule has 0 saturated heterocycles. The van der Waals surface area contributed by atoms with Crippen molar-refractivity contribution >= 4 is 17.9 Å². The average molecular weight is 1110 g/mol. The second kappa shape index (κ2) is 67.1. The Morgan fingerprint density at radius 3 is 0.775 bits per heavy atom. The molecule has 0 aliphatic heterocycles. The van der Waals surface area contributed by atoms with Crippen LogP contribution in [0.5, 0.6) is 0 Å². The Balaban J connectivity index is 4.48. The lowest BCUT2D eigenvalue weighted by molar-refractivity contribution is -0.167. The maximum atomic E-state index is 12.9. The molecule has 0 aromatic rings. The zero-order chi connectivity index (χ0) is 57.8. The average Bonchev–Trinajstić information content (AvgIpc) is 3.46. The Bertz CT molecular complexity index is 1700. The number of carbonyl (C=O) groups is 3. The van der Waals surface area contributed by atoms with E-state index in [4.69, 9.17) is 14.2 Å². The summed E-state index contributed by atoms with van der Waals surface area (Å²) in [5, 5.41) is 0. The highest BCUT2D eigenvalue weighted by atomic mass is 16.6. The minimum absolute atomic E-state index is 0.0961. The summed E-state index contributed by atoms with van der Waals surface area (Å²) in [6.07, 6.45) is 94.5. The van der Waals surface area contributed by atoms with Gasteiger partial charge in [0.2, 0.25) is 0 Å². The summed E-state index contributed by atoms with van der Waals surface area (Å²) in [5.41, 5.74) is 0. The second-order valence-corrected chi connectivity index (χ2v) is 21.6. The molecule has 80 heavy (non-hydrogen) atoms. The van der Waals surface area contributed by atoms with E-state index in [2.05, 4.69) is 154 Å². The summed E-state index contributed by atoms with van der Waals surface area (Å²) >= 11 is 0. The van der Waals surface area contributed by atoms with Crippen molar-refractivity contribution in [2.24, 2.45) is 0 Å². The molecule has 0 radical (unpaired) electrons. The molecule has 6 nitrogen and oxygen atoms in total. The van der Waals surface area contributed by atoms with Crippen LogP contribution in [0, 0.1) is 0 Å². The minimum Gasteiger partial charge on any atom is -0.462 e. The van der Waals surface area contributed by atoms with Gasteiger partial charge >= 0.3 is 17.9 Å². The molecular weight excluding hydrogens is 985 g/mol. The molecule has 454 valence electrons. The topological polar surface area (TPSA) is 78.9 Å². The SMILES string of the molecule is CC/C=C\C/C=C\C/C=C\C/C=C\C/C=C\C/C=C\C/C=C\CCCCCC(=O)OCC(COC(=O)CCCCCCCCCCCCCCCCCCCC)OC(=O)CCCCCCCC/C=C\C/C=C\C/C=C\C/C=C\CC. The van der Waals surface area contributed by atoms with E-state index in [0.29, 0.717) is 19.3 Å². The number of ether oxygens (including phenoxy) is 3. The zero-order valence-electron chi connectivity index (χ0n) is 52.0. The van der Waals surface area contributed by atoms with Gasteiger partial charge in [0.1, 0.15) is 13.2 Å². The van der Waals surface area contributed by atoms with E-state index in [1.54, 1.807) is 0 Å². The molecule has 0 saturated carbocycles. The van der Waals surface area contributed by atoms with Crippen LogP contribution in [0.1, 0.15) is 297 Å². The molecule has 0 aliphatic rings. The maximum absolute atomic E-state index is 12.9. The van der Waals surface area contributed by atoms with Gasteiger partial charge in [-0.2, -0.15) is 0 Å². The van der Waals surface area contributed by atoms with E-state index in [0.717, 1.165) is 148 Å². The number of carbonyl (C=O) groups excluding carboxylic acids is 3. The minimum atomic E-state index is -0.805. The van der Waals surface area contributed by atoms with E-state index in [9.17, 15) is 14.4 Å². The van der Waals surface area contributed by atoms with Crippen molar-refractivity contribution in [3.63, 3.8) is 0 Å². The zero-order valence-corrected chi connectivity index (χ0v) is 52.0. The van der Waals surface area contributed by atoms with Crippen molar-refractivity contribution in [1.82, 2.24) is 0 Å². The van der Waals surface area contributed by atoms with Gasteiger partial charge < -0.3 is 14.2 Å². The first-order chi connectivity index (χ1) is 39.5. The Morgan fingerprint density at radius 2 is 0.487 bits per heavy atom. The van der Waals surface area contributed by atoms with Crippen LogP contribution in [0.25, 0.3) is 0 Å². The number of unbranched alkanes of at least 4 members (excludes halogenated alkanes) is 26. The van der Waals surface area contributed by atoms with Gasteiger partial charge in [-0.3, -0.25) is 14.4 Å². The normalized spacial score (nSPS) is 13.0. The summed E-state index contributed by atoms with van der Waals surface area (Å²) < 4.78 is 16.9. The summed E-state index contributed by atoms with van der Waals surface area (Å²) in [6, 6.07) is 0. The van der Waals surface area contributed by atoms with Gasteiger partial charge in [0.25, 0.3) is 0 Å². The van der Waals surface area contributed by atoms with Gasteiger partial charge in [-0.05, 0) is 116 Å². The Labute approximate surface area is 494 Å². The Hall–Kier alpha value is -4.45. The smallest absolute Gasteiger partial charge is 0.306 e. The van der Waals surface area contributed by atoms with Crippen LogP contribution >= 0.6 is 0 Å². The highest BCUT2D eigenvalue weighted by molar-refractivity contribution is 5.71. The van der Waals surface area contributed by atoms with Crippen molar-refractivity contribution in [3.8, 4) is 0 Å². The highest BCUT2D eigenvalue weighted by Gasteiger charge is 2.19. The third kappa shape index (κ3) is 64.4. The standard InChI is InChI=1S/C74H122O6/c1-4-7-10-13-16-19-22-25-28-31-34-35-36-37-38-39-41-43-46-49-52-55-58-61-64-67-73(76)79-70-71(69-78-72(75)66-63-60-57-54-51-48-45-42-33-30-27-24-21-18-15-12-9-6-3)80-74(77)68-65-62-59-56-53-50-47-44-40-32-29-26-23-20-17-14-11-8-5-2/h7-8,10-11,16-17,19-20,25-26,28-29,34-35,37-38,40-41,43-44,49,52,71H,4-6,9,12-15,18,21-24,27,30-33,36,39,42,45-48,50-51,53-70H2,1-3H3/b10-7-,11-8-,19-16-,20-17-,28-25-,29-26-,35-34-,38-37-,43-41-,44-40-,52-49-. The maximum Gasteiger partial charge on any atom is 0.306 e. The molecule has 0 N–H and O–H groups in total. The van der Waals surface area contributed by atoms with Crippen molar-refractivity contribution < 1.29 is 28.6 Å². The molecule has 0 aromatic carbocycles. The summed E-state index contributed by atoms with van der Waals surface area (Å²) in [7, 11) is 0. The monoisotopic (exact) mass is 1110 g/mol. The van der Waals surface area contributed by atoms with Gasteiger partial charge in [-0.15, -0.1) is 0 Å². The van der Waals surface area contributed by atoms with Crippen LogP contribution in [0.15, 0.2) is 134 Å². The predicted octanol–water partition coefficient (Wildman–Crippen LogP) is 22.9. The lowest BCUT2D eigenvalue weighted by Gasteiger charge is -2.18. The molecule has 6 heteroatoms. The molecule has 1 atom stereocenters. The molecule has 0 rings (SSSR count). The molecule has 0 aliphatic carbocycles. The summed E-state index contributed by atoms with van der Waals surface area (Å²) in [4.78, 5) is 38.4. The second-order valence-electron chi connectivity index (χ2n) is 21.6. The summed E-state index contributed by atoms with van der Waals surface area (Å²) in [6.45, 7) is 6.40. The van der Waals surface area contributed by atoms with E-state index >= 15 is 0 Å². The van der Waals surface area contributed by atoms with Crippen molar-refractivity contribution in [2.75, 3.05) is 13.2 Å². The van der Waals surface area contributed by atoms with Crippen molar-refractivity contribution in [3.05, 3.63) is 134 Å². The fourth-order valence-corrected chi connectivity index (χ4v) is 9.00. The van der Waals surface area contributed by atoms with Crippen LogP contribution in [0.2, 0.25) is 0 Å². The van der Waals surface area contributed by atoms with Crippen molar-refractivity contribution in [2.45, 2.75) is 303 Å². The highest BCUT2D eigenvalue weighted by Crippen LogP contribution is 2.16. The van der Waals surface area contributed by atoms with Gasteiger partial charge in [0, 0.05) is 19.3 Å². The molecule has 0 fully saturated rings. The number of hydrogen-bond donors (Lipinski definition) is 0. The predicted molar refractivity (Wildman–Crippen MR) is 348 cm³/mol. The van der Waals surface area contributed by atoms with Crippen LogP contribution in [-0.4, -0.2) is 37.2 Å². The third-order valence-electron chi connectivity index (χ3n) is 13.9. The Kier molecular flexibility index (Phi) is 63.3. The molecule has 0 aromatic heterocycles. The van der Waals surface area contributed by atoms with E-state index < -0.39 is 6.10 Å². The van der Waals surface area contributed by atoms with Crippen LogP contribution in [-0.2, 0) is 28.6 Å². The largest absolute Gasteiger partial charge is 0.462 e. The summed E-state index contributed by atoms with van der Waals surface area (Å²) in [5.74, 6) is -0.938. The molecule has 0 heterocycles. The van der Waals surface area contributed by atoms with Gasteiger partial charge in [0.05, 0.1) is 0 Å². The molecular formula is C74H122O6. The van der Waals surface area contributed by atoms with E-state index in [-0.39, 0.29) is 31.1 Å². The number of allylic oxidation sites excluding steroid dienone is 22. The first kappa shape index (κ1) is 75.5. The van der Waals surface area contributed by atoms with Gasteiger partial charge in [0.15, 0.2) is 6.10 Å². The number of esters is 3. The number of rotatable bonds is 59. The number of hydrogen-bond acceptors (Lipinski definition) is 6. The van der Waals surface area contributed by atoms with Crippen LogP contribution in [0.3, 0.4) is 0 Å². The fourth-order valence-electron chi connectivity index (χ4n) is 9.00. The molecule has 0 amide bonds. The van der Waals surface area contributed by atoms with Crippen LogP contribution < -0.4 is 0 Å².